The number of hydrogen-bond acceptors (Lipinski definition) is 5. The van der Waals surface area contributed by atoms with Crippen molar-refractivity contribution >= 4 is 35.3 Å². The Labute approximate surface area is 161 Å². The van der Waals surface area contributed by atoms with Crippen molar-refractivity contribution in [1.82, 2.24) is 15.3 Å². The Hall–Kier alpha value is -1.99. The molecule has 0 aliphatic carbocycles. The molecule has 2 heterocycles. The van der Waals surface area contributed by atoms with E-state index >= 15 is 0 Å². The van der Waals surface area contributed by atoms with E-state index in [1.807, 2.05) is 12.1 Å². The van der Waals surface area contributed by atoms with Crippen LogP contribution >= 0.6 is 23.2 Å². The maximum atomic E-state index is 12.8. The standard InChI is InChI=1S/C18H18Cl2N4O2/c19-15-2-1-14(16(20)11-15)12-22-23-18(25)17(13-3-5-21-6-4-13)24-7-9-26-10-8-24/h1-6,11-12,17H,7-10H2,(H,23,25). The number of hydrazone groups is 1. The molecule has 1 atom stereocenters. The number of aromatic nitrogens is 1. The number of rotatable bonds is 5. The first kappa shape index (κ1) is 18.8. The van der Waals surface area contributed by atoms with Gasteiger partial charge in [0.25, 0.3) is 5.91 Å². The summed E-state index contributed by atoms with van der Waals surface area (Å²) in [5, 5.41) is 5.06. The predicted molar refractivity (Wildman–Crippen MR) is 102 cm³/mol. The van der Waals surface area contributed by atoms with Gasteiger partial charge in [-0.25, -0.2) is 5.43 Å². The smallest absolute Gasteiger partial charge is 0.262 e. The Morgan fingerprint density at radius 2 is 1.96 bits per heavy atom. The second-order valence-electron chi connectivity index (χ2n) is 5.73. The first-order valence-corrected chi connectivity index (χ1v) is 8.90. The third kappa shape index (κ3) is 4.80. The van der Waals surface area contributed by atoms with Crippen LogP contribution in [-0.2, 0) is 9.53 Å². The molecule has 1 aliphatic rings. The van der Waals surface area contributed by atoms with E-state index in [0.717, 1.165) is 5.56 Å². The van der Waals surface area contributed by atoms with Crippen LogP contribution in [0.2, 0.25) is 10.0 Å². The summed E-state index contributed by atoms with van der Waals surface area (Å²) >= 11 is 12.0. The molecule has 26 heavy (non-hydrogen) atoms. The molecule has 136 valence electrons. The molecule has 3 rings (SSSR count). The number of ether oxygens (including phenoxy) is 1. The number of halogens is 2. The molecule has 1 fully saturated rings. The van der Waals surface area contributed by atoms with E-state index in [-0.39, 0.29) is 5.91 Å². The molecule has 1 amide bonds. The van der Waals surface area contributed by atoms with Gasteiger partial charge in [-0.2, -0.15) is 5.10 Å². The zero-order valence-electron chi connectivity index (χ0n) is 13.9. The average molecular weight is 393 g/mol. The molecule has 1 aromatic carbocycles. The van der Waals surface area contributed by atoms with Crippen molar-refractivity contribution in [1.29, 1.82) is 0 Å². The van der Waals surface area contributed by atoms with E-state index in [2.05, 4.69) is 20.4 Å². The topological polar surface area (TPSA) is 66.8 Å². The highest BCUT2D eigenvalue weighted by atomic mass is 35.5. The number of amides is 1. The number of hydrogen-bond donors (Lipinski definition) is 1. The normalized spacial score (nSPS) is 16.5. The number of nitrogens with one attached hydrogen (secondary N) is 1. The van der Waals surface area contributed by atoms with Gasteiger partial charge in [0.15, 0.2) is 0 Å². The lowest BCUT2D eigenvalue weighted by atomic mass is 10.1. The highest BCUT2D eigenvalue weighted by Gasteiger charge is 2.28. The number of pyridine rings is 1. The second kappa shape index (κ2) is 9.09. The fourth-order valence-corrected chi connectivity index (χ4v) is 3.20. The Kier molecular flexibility index (Phi) is 6.57. The van der Waals surface area contributed by atoms with E-state index in [9.17, 15) is 4.79 Å². The molecule has 0 spiro atoms. The lowest BCUT2D eigenvalue weighted by molar-refractivity contribution is -0.128. The third-order valence-corrected chi connectivity index (χ3v) is 4.58. The maximum absolute atomic E-state index is 12.8. The largest absolute Gasteiger partial charge is 0.379 e. The molecule has 1 saturated heterocycles. The number of nitrogens with zero attached hydrogens (tertiary/aromatic N) is 3. The van der Waals surface area contributed by atoms with Crippen LogP contribution in [0.5, 0.6) is 0 Å². The molecule has 2 aromatic rings. The van der Waals surface area contributed by atoms with Crippen molar-refractivity contribution < 1.29 is 9.53 Å². The number of carbonyl (C=O) groups is 1. The number of carbonyl (C=O) groups excluding carboxylic acids is 1. The van der Waals surface area contributed by atoms with Crippen LogP contribution in [0.15, 0.2) is 47.8 Å². The monoisotopic (exact) mass is 392 g/mol. The van der Waals surface area contributed by atoms with Crippen molar-refractivity contribution in [3.05, 3.63) is 63.9 Å². The summed E-state index contributed by atoms with van der Waals surface area (Å²) in [6, 6.07) is 8.28. The van der Waals surface area contributed by atoms with Gasteiger partial charge in [-0.15, -0.1) is 0 Å². The van der Waals surface area contributed by atoms with Gasteiger partial charge in [-0.3, -0.25) is 14.7 Å². The quantitative estimate of drug-likeness (QED) is 0.627. The zero-order chi connectivity index (χ0) is 18.4. The fraction of sp³-hybridized carbons (Fsp3) is 0.278. The van der Waals surface area contributed by atoms with Gasteiger partial charge in [-0.1, -0.05) is 29.3 Å². The van der Waals surface area contributed by atoms with Gasteiger partial charge in [0.05, 0.1) is 24.5 Å². The van der Waals surface area contributed by atoms with Crippen molar-refractivity contribution in [2.45, 2.75) is 6.04 Å². The van der Waals surface area contributed by atoms with Crippen LogP contribution in [0.4, 0.5) is 0 Å². The number of benzene rings is 1. The average Bonchev–Trinajstić information content (AvgIpc) is 2.65. The summed E-state index contributed by atoms with van der Waals surface area (Å²) in [5.74, 6) is -0.223. The summed E-state index contributed by atoms with van der Waals surface area (Å²) in [6.45, 7) is 2.54. The molecule has 0 bridgehead atoms. The highest BCUT2D eigenvalue weighted by Crippen LogP contribution is 2.22. The number of morpholine rings is 1. The van der Waals surface area contributed by atoms with Crippen LogP contribution in [0.1, 0.15) is 17.2 Å². The van der Waals surface area contributed by atoms with Crippen LogP contribution in [0.3, 0.4) is 0 Å². The van der Waals surface area contributed by atoms with Gasteiger partial charge in [-0.05, 0) is 29.8 Å². The van der Waals surface area contributed by atoms with Crippen LogP contribution in [0, 0.1) is 0 Å². The molecule has 0 radical (unpaired) electrons. The van der Waals surface area contributed by atoms with E-state index in [1.54, 1.807) is 30.6 Å². The minimum atomic E-state index is -0.459. The summed E-state index contributed by atoms with van der Waals surface area (Å²) in [4.78, 5) is 18.9. The molecule has 1 unspecified atom stereocenters. The molecule has 1 aromatic heterocycles. The molecule has 8 heteroatoms. The Bertz CT molecular complexity index is 780. The van der Waals surface area contributed by atoms with Gasteiger partial charge < -0.3 is 4.74 Å². The van der Waals surface area contributed by atoms with E-state index in [1.165, 1.54) is 6.21 Å². The van der Waals surface area contributed by atoms with Gasteiger partial charge in [0.1, 0.15) is 6.04 Å². The van der Waals surface area contributed by atoms with Crippen molar-refractivity contribution in [2.24, 2.45) is 5.10 Å². The molecular weight excluding hydrogens is 375 g/mol. The summed E-state index contributed by atoms with van der Waals surface area (Å²) < 4.78 is 5.39. The van der Waals surface area contributed by atoms with Crippen molar-refractivity contribution in [3.8, 4) is 0 Å². The first-order chi connectivity index (χ1) is 12.6. The van der Waals surface area contributed by atoms with Crippen LogP contribution < -0.4 is 5.43 Å². The molecule has 0 saturated carbocycles. The minimum Gasteiger partial charge on any atom is -0.379 e. The van der Waals surface area contributed by atoms with E-state index < -0.39 is 6.04 Å². The Morgan fingerprint density at radius 3 is 2.65 bits per heavy atom. The predicted octanol–water partition coefficient (Wildman–Crippen LogP) is 2.91. The fourth-order valence-electron chi connectivity index (χ4n) is 2.74. The first-order valence-electron chi connectivity index (χ1n) is 8.15. The molecular formula is C18H18Cl2N4O2. The summed E-state index contributed by atoms with van der Waals surface area (Å²) in [6.07, 6.45) is 4.85. The van der Waals surface area contributed by atoms with Gasteiger partial charge >= 0.3 is 0 Å². The molecule has 1 aliphatic heterocycles. The maximum Gasteiger partial charge on any atom is 0.262 e. The van der Waals surface area contributed by atoms with E-state index in [0.29, 0.717) is 41.9 Å². The third-order valence-electron chi connectivity index (χ3n) is 4.02. The van der Waals surface area contributed by atoms with Crippen LogP contribution in [-0.4, -0.2) is 48.3 Å². The van der Waals surface area contributed by atoms with Crippen molar-refractivity contribution in [2.75, 3.05) is 26.3 Å². The summed E-state index contributed by atoms with van der Waals surface area (Å²) in [5.41, 5.74) is 4.13. The minimum absolute atomic E-state index is 0.223. The van der Waals surface area contributed by atoms with Crippen LogP contribution in [0.25, 0.3) is 0 Å². The van der Waals surface area contributed by atoms with Crippen molar-refractivity contribution in [3.63, 3.8) is 0 Å². The highest BCUT2D eigenvalue weighted by molar-refractivity contribution is 6.36. The van der Waals surface area contributed by atoms with E-state index in [4.69, 9.17) is 27.9 Å². The lowest BCUT2D eigenvalue weighted by Crippen LogP contribution is -2.44. The zero-order valence-corrected chi connectivity index (χ0v) is 15.5. The SMILES string of the molecule is O=C(NN=Cc1ccc(Cl)cc1Cl)C(c1ccncc1)N1CCOCC1. The second-order valence-corrected chi connectivity index (χ2v) is 6.58. The Morgan fingerprint density at radius 1 is 1.23 bits per heavy atom. The lowest BCUT2D eigenvalue weighted by Gasteiger charge is -2.33. The summed E-state index contributed by atoms with van der Waals surface area (Å²) in [7, 11) is 0. The molecule has 1 N–H and O–H groups in total. The molecule has 6 nitrogen and oxygen atoms in total. The van der Waals surface area contributed by atoms with Gasteiger partial charge in [0.2, 0.25) is 0 Å². The van der Waals surface area contributed by atoms with Gasteiger partial charge in [0, 0.05) is 36.1 Å². The Balaban J connectivity index is 1.74.